The van der Waals surface area contributed by atoms with Gasteiger partial charge < -0.3 is 10.4 Å². The molecule has 3 aliphatic rings. The van der Waals surface area contributed by atoms with Crippen molar-refractivity contribution in [1.29, 1.82) is 0 Å². The van der Waals surface area contributed by atoms with Gasteiger partial charge in [-0.3, -0.25) is 4.79 Å². The molecule has 2 aliphatic carbocycles. The van der Waals surface area contributed by atoms with Crippen molar-refractivity contribution >= 4 is 29.1 Å². The topological polar surface area (TPSA) is 75.1 Å². The molecule has 2 heterocycles. The Morgan fingerprint density at radius 1 is 1.10 bits per heavy atom. The number of fused-ring (bicyclic) bond motifs is 3. The zero-order chi connectivity index (χ0) is 21.2. The van der Waals surface area contributed by atoms with Crippen molar-refractivity contribution in [2.24, 2.45) is 5.92 Å². The van der Waals surface area contributed by atoms with Crippen LogP contribution in [0.1, 0.15) is 67.9 Å². The molecule has 0 radical (unpaired) electrons. The van der Waals surface area contributed by atoms with E-state index in [9.17, 15) is 9.90 Å². The minimum absolute atomic E-state index is 0.213. The number of carbonyl (C=O) groups is 1. The number of aliphatic carboxylic acids is 1. The fraction of sp³-hybridized carbons (Fsp3) is 0.480. The molecule has 1 aromatic heterocycles. The van der Waals surface area contributed by atoms with Gasteiger partial charge >= 0.3 is 5.97 Å². The molecule has 1 unspecified atom stereocenters. The van der Waals surface area contributed by atoms with Gasteiger partial charge in [-0.2, -0.15) is 0 Å². The lowest BCUT2D eigenvalue weighted by Crippen LogP contribution is -2.22. The molecule has 2 N–H and O–H groups in total. The fourth-order valence-corrected chi connectivity index (χ4v) is 6.42. The predicted molar refractivity (Wildman–Crippen MR) is 124 cm³/mol. The average Bonchev–Trinajstić information content (AvgIpc) is 3.19. The van der Waals surface area contributed by atoms with Crippen molar-refractivity contribution in [3.8, 4) is 0 Å². The number of aromatic nitrogens is 2. The van der Waals surface area contributed by atoms with Gasteiger partial charge in [-0.25, -0.2) is 9.97 Å². The Morgan fingerprint density at radius 3 is 2.68 bits per heavy atom. The summed E-state index contributed by atoms with van der Waals surface area (Å²) in [6, 6.07) is 10.5. The molecule has 0 saturated heterocycles. The van der Waals surface area contributed by atoms with E-state index in [-0.39, 0.29) is 11.8 Å². The van der Waals surface area contributed by atoms with Gasteiger partial charge in [-0.15, -0.1) is 11.8 Å². The van der Waals surface area contributed by atoms with Crippen LogP contribution in [0.3, 0.4) is 0 Å². The Balaban J connectivity index is 1.39. The van der Waals surface area contributed by atoms with Gasteiger partial charge in [0.2, 0.25) is 0 Å². The van der Waals surface area contributed by atoms with E-state index >= 15 is 0 Å². The van der Waals surface area contributed by atoms with E-state index in [4.69, 9.17) is 9.97 Å². The molecule has 5 nitrogen and oxygen atoms in total. The van der Waals surface area contributed by atoms with Crippen molar-refractivity contribution < 1.29 is 9.90 Å². The predicted octanol–water partition coefficient (Wildman–Crippen LogP) is 5.53. The number of rotatable bonds is 6. The molecule has 0 amide bonds. The maximum absolute atomic E-state index is 11.3. The highest BCUT2D eigenvalue weighted by molar-refractivity contribution is 8.01. The van der Waals surface area contributed by atoms with Crippen LogP contribution in [0.4, 0.5) is 5.82 Å². The van der Waals surface area contributed by atoms with Crippen molar-refractivity contribution in [3.63, 3.8) is 0 Å². The molecule has 6 heteroatoms. The van der Waals surface area contributed by atoms with Crippen LogP contribution < -0.4 is 5.32 Å². The number of benzene rings is 1. The number of nitrogens with one attached hydrogen (secondary N) is 1. The van der Waals surface area contributed by atoms with E-state index in [1.54, 1.807) is 0 Å². The first kappa shape index (κ1) is 20.6. The standard InChI is InChI=1S/C25H29N3O2S/c29-25(30)18-12-10-17(11-13-18)23-27-21-19-8-4-5-9-20(19)31-22(21)24(28-23)26-15-14-16-6-2-1-3-7-16/h1-3,6-8,17-18,20H,4-5,9-15H2,(H,29,30)(H,26,27,28). The van der Waals surface area contributed by atoms with E-state index in [0.29, 0.717) is 5.25 Å². The van der Waals surface area contributed by atoms with Crippen LogP contribution in [0.5, 0.6) is 0 Å². The molecule has 1 aliphatic heterocycles. The van der Waals surface area contributed by atoms with Gasteiger partial charge in [0.05, 0.1) is 16.5 Å². The summed E-state index contributed by atoms with van der Waals surface area (Å²) in [6.07, 6.45) is 10.1. The highest BCUT2D eigenvalue weighted by atomic mass is 32.2. The number of hydrogen-bond acceptors (Lipinski definition) is 5. The second kappa shape index (κ2) is 9.03. The van der Waals surface area contributed by atoms with Crippen LogP contribution >= 0.6 is 11.8 Å². The number of hydrogen-bond donors (Lipinski definition) is 2. The number of carboxylic acids is 1. The van der Waals surface area contributed by atoms with Crippen molar-refractivity contribution in [3.05, 3.63) is 53.5 Å². The third-order valence-electron chi connectivity index (χ3n) is 6.79. The van der Waals surface area contributed by atoms with Crippen LogP contribution in [-0.2, 0) is 11.2 Å². The largest absolute Gasteiger partial charge is 0.481 e. The van der Waals surface area contributed by atoms with Crippen LogP contribution in [0.15, 0.2) is 41.3 Å². The first-order valence-electron chi connectivity index (χ1n) is 11.5. The molecule has 1 aromatic carbocycles. The molecular weight excluding hydrogens is 406 g/mol. The highest BCUT2D eigenvalue weighted by Crippen LogP contribution is 2.51. The first-order chi connectivity index (χ1) is 15.2. The maximum atomic E-state index is 11.3. The third-order valence-corrected chi connectivity index (χ3v) is 8.19. The maximum Gasteiger partial charge on any atom is 0.306 e. The second-order valence-electron chi connectivity index (χ2n) is 8.85. The van der Waals surface area contributed by atoms with E-state index in [0.717, 1.165) is 62.4 Å². The van der Waals surface area contributed by atoms with Gasteiger partial charge in [-0.05, 0) is 62.5 Å². The van der Waals surface area contributed by atoms with E-state index in [1.165, 1.54) is 28.9 Å². The van der Waals surface area contributed by atoms with Crippen LogP contribution in [0.25, 0.3) is 5.57 Å². The summed E-state index contributed by atoms with van der Waals surface area (Å²) in [5.74, 6) is 1.25. The summed E-state index contributed by atoms with van der Waals surface area (Å²) in [6.45, 7) is 0.836. The molecule has 31 heavy (non-hydrogen) atoms. The quantitative estimate of drug-likeness (QED) is 0.621. The van der Waals surface area contributed by atoms with Crippen LogP contribution in [0.2, 0.25) is 0 Å². The third kappa shape index (κ3) is 4.36. The summed E-state index contributed by atoms with van der Waals surface area (Å²) in [4.78, 5) is 22.6. The molecular formula is C25H29N3O2S. The summed E-state index contributed by atoms with van der Waals surface area (Å²) >= 11 is 1.92. The Labute approximate surface area is 187 Å². The van der Waals surface area contributed by atoms with Gasteiger partial charge in [0, 0.05) is 17.7 Å². The molecule has 1 saturated carbocycles. The van der Waals surface area contributed by atoms with E-state index in [1.807, 2.05) is 17.8 Å². The van der Waals surface area contributed by atoms with Gasteiger partial charge in [0.25, 0.3) is 0 Å². The lowest BCUT2D eigenvalue weighted by Gasteiger charge is -2.26. The first-order valence-corrected chi connectivity index (χ1v) is 12.4. The lowest BCUT2D eigenvalue weighted by molar-refractivity contribution is -0.142. The van der Waals surface area contributed by atoms with Gasteiger partial charge in [0.15, 0.2) is 0 Å². The number of thioether (sulfide) groups is 1. The normalized spacial score (nSPS) is 24.8. The Kier molecular flexibility index (Phi) is 5.99. The Bertz CT molecular complexity index is 984. The highest BCUT2D eigenvalue weighted by Gasteiger charge is 2.35. The molecule has 0 bridgehead atoms. The minimum atomic E-state index is -0.664. The number of nitrogens with zero attached hydrogens (tertiary/aromatic N) is 2. The van der Waals surface area contributed by atoms with Crippen LogP contribution in [0, 0.1) is 5.92 Å². The van der Waals surface area contributed by atoms with Gasteiger partial charge in [-0.1, -0.05) is 36.4 Å². The Morgan fingerprint density at radius 2 is 1.90 bits per heavy atom. The summed E-state index contributed by atoms with van der Waals surface area (Å²) < 4.78 is 0. The molecule has 2 aromatic rings. The molecule has 5 rings (SSSR count). The zero-order valence-corrected chi connectivity index (χ0v) is 18.5. The molecule has 1 fully saturated rings. The zero-order valence-electron chi connectivity index (χ0n) is 17.7. The summed E-state index contributed by atoms with van der Waals surface area (Å²) in [5.41, 5.74) is 3.83. The van der Waals surface area contributed by atoms with Crippen molar-refractivity contribution in [1.82, 2.24) is 9.97 Å². The number of allylic oxidation sites excluding steroid dienone is 1. The van der Waals surface area contributed by atoms with Crippen LogP contribution in [-0.4, -0.2) is 32.8 Å². The lowest BCUT2D eigenvalue weighted by atomic mass is 9.81. The average molecular weight is 436 g/mol. The van der Waals surface area contributed by atoms with Crippen molar-refractivity contribution in [2.45, 2.75) is 67.4 Å². The molecule has 1 atom stereocenters. The minimum Gasteiger partial charge on any atom is -0.481 e. The summed E-state index contributed by atoms with van der Waals surface area (Å²) in [5, 5.41) is 13.5. The smallest absolute Gasteiger partial charge is 0.306 e. The second-order valence-corrected chi connectivity index (χ2v) is 10.1. The number of anilines is 1. The SMILES string of the molecule is O=C(O)C1CCC(c2nc(NCCc3ccccc3)c3c(n2)C2=CCCCC2S3)CC1. The summed E-state index contributed by atoms with van der Waals surface area (Å²) in [7, 11) is 0. The van der Waals surface area contributed by atoms with E-state index in [2.05, 4.69) is 35.7 Å². The molecule has 162 valence electrons. The Hall–Kier alpha value is -2.34. The molecule has 0 spiro atoms. The monoisotopic (exact) mass is 435 g/mol. The van der Waals surface area contributed by atoms with Crippen molar-refractivity contribution in [2.75, 3.05) is 11.9 Å². The fourth-order valence-electron chi connectivity index (χ4n) is 5.01. The van der Waals surface area contributed by atoms with Gasteiger partial charge in [0.1, 0.15) is 11.6 Å². The number of carboxylic acid groups (broad SMARTS) is 1. The van der Waals surface area contributed by atoms with E-state index < -0.39 is 5.97 Å².